The van der Waals surface area contributed by atoms with Gasteiger partial charge in [0, 0.05) is 11.5 Å². The molecular formula is C22H23ClN4O8. The average Bonchev–Trinajstić information content (AvgIpc) is 2.77. The van der Waals surface area contributed by atoms with Crippen LogP contribution in [0.5, 0.6) is 5.75 Å². The van der Waals surface area contributed by atoms with E-state index in [1.165, 1.54) is 31.1 Å². The van der Waals surface area contributed by atoms with E-state index in [4.69, 9.17) is 17.5 Å². The third-order valence-corrected chi connectivity index (χ3v) is 7.31. The van der Waals surface area contributed by atoms with Gasteiger partial charge >= 0.3 is 0 Å². The van der Waals surface area contributed by atoms with Gasteiger partial charge < -0.3 is 31.3 Å². The summed E-state index contributed by atoms with van der Waals surface area (Å²) in [6, 6.07) is 1.19. The Morgan fingerprint density at radius 1 is 1.20 bits per heavy atom. The summed E-state index contributed by atoms with van der Waals surface area (Å²) in [4.78, 5) is 40.2. The molecule has 0 radical (unpaired) electrons. The zero-order chi connectivity index (χ0) is 26.1. The number of carbonyl (C=O) groups is 3. The first-order valence-electron chi connectivity index (χ1n) is 10.5. The number of nitrogens with zero attached hydrogens (tertiary/aromatic N) is 3. The summed E-state index contributed by atoms with van der Waals surface area (Å²) in [5.74, 6) is -9.73. The average molecular weight is 507 g/mol. The maximum atomic E-state index is 13.6. The third kappa shape index (κ3) is 3.07. The summed E-state index contributed by atoms with van der Waals surface area (Å²) in [6.07, 6.45) is -1.70. The number of carbonyl (C=O) groups excluding carboxylic acids is 3. The van der Waals surface area contributed by atoms with E-state index in [0.717, 1.165) is 0 Å². The van der Waals surface area contributed by atoms with Crippen LogP contribution in [0.1, 0.15) is 28.8 Å². The van der Waals surface area contributed by atoms with Crippen molar-refractivity contribution in [2.45, 2.75) is 30.6 Å². The lowest BCUT2D eigenvalue weighted by Gasteiger charge is -2.53. The van der Waals surface area contributed by atoms with E-state index in [-0.39, 0.29) is 16.8 Å². The summed E-state index contributed by atoms with van der Waals surface area (Å²) in [6.45, 7) is 1.59. The van der Waals surface area contributed by atoms with Crippen LogP contribution in [0.15, 0.2) is 44.5 Å². The molecule has 1 amide bonds. The minimum Gasteiger partial charge on any atom is -0.510 e. The second-order valence-corrected chi connectivity index (χ2v) is 9.27. The summed E-state index contributed by atoms with van der Waals surface area (Å²) in [7, 11) is 2.92. The number of Topliss-reactive ketones (excluding diaryl/α,β-unsaturated/α-hetero) is 2. The molecule has 4 rings (SSSR count). The van der Waals surface area contributed by atoms with Crippen LogP contribution in [0.4, 0.5) is 5.69 Å². The molecule has 3 aliphatic carbocycles. The number of aliphatic hydroxyl groups is 4. The number of phenols is 1. The smallest absolute Gasteiger partial charge is 0.255 e. The molecule has 0 aliphatic heterocycles. The fourth-order valence-corrected chi connectivity index (χ4v) is 5.89. The molecule has 2 unspecified atom stereocenters. The van der Waals surface area contributed by atoms with Crippen molar-refractivity contribution in [3.63, 3.8) is 0 Å². The van der Waals surface area contributed by atoms with Gasteiger partial charge in [0.25, 0.3) is 5.91 Å². The van der Waals surface area contributed by atoms with Crippen LogP contribution in [-0.4, -0.2) is 79.7 Å². The first kappa shape index (κ1) is 24.8. The van der Waals surface area contributed by atoms with Crippen LogP contribution in [0, 0.1) is 11.8 Å². The molecule has 35 heavy (non-hydrogen) atoms. The van der Waals surface area contributed by atoms with Crippen molar-refractivity contribution in [3.8, 4) is 5.75 Å². The number of ketones is 2. The monoisotopic (exact) mass is 506 g/mol. The molecule has 186 valence electrons. The van der Waals surface area contributed by atoms with Crippen molar-refractivity contribution < 1.29 is 39.9 Å². The maximum absolute atomic E-state index is 13.6. The van der Waals surface area contributed by atoms with E-state index in [1.807, 2.05) is 0 Å². The van der Waals surface area contributed by atoms with Gasteiger partial charge in [-0.1, -0.05) is 11.6 Å². The van der Waals surface area contributed by atoms with Gasteiger partial charge in [-0.25, -0.2) is 0 Å². The van der Waals surface area contributed by atoms with Crippen LogP contribution in [0.3, 0.4) is 0 Å². The number of fused-ring (bicyclic) bond motifs is 3. The largest absolute Gasteiger partial charge is 0.510 e. The van der Waals surface area contributed by atoms with Crippen molar-refractivity contribution in [1.29, 1.82) is 0 Å². The predicted molar refractivity (Wildman–Crippen MR) is 120 cm³/mol. The highest BCUT2D eigenvalue weighted by atomic mass is 35.5. The molecule has 0 fully saturated rings. The summed E-state index contributed by atoms with van der Waals surface area (Å²) in [5, 5.41) is 59.4. The zero-order valence-corrected chi connectivity index (χ0v) is 19.6. The Hall–Kier alpha value is -3.32. The molecular weight excluding hydrogens is 484 g/mol. The minimum atomic E-state index is -2.97. The molecule has 1 aromatic rings. The SMILES string of the molecule is C[C@H]1c2c(/N=N\Cl)ccc(O)c2C(=O)C2=C(O)[C@]3(O)C(=O)C(C(N)=O)=C(O)[C@@H](N(C)C)C3[C@@H](O)C21. The van der Waals surface area contributed by atoms with E-state index < -0.39 is 81.4 Å². The normalized spacial score (nSPS) is 32.7. The number of halogens is 1. The molecule has 0 spiro atoms. The summed E-state index contributed by atoms with van der Waals surface area (Å²) < 4.78 is 3.20. The number of hydrogen-bond acceptors (Lipinski definition) is 11. The number of nitrogens with two attached hydrogens (primary N) is 1. The second-order valence-electron chi connectivity index (χ2n) is 9.12. The van der Waals surface area contributed by atoms with Crippen LogP contribution in [0.25, 0.3) is 0 Å². The van der Waals surface area contributed by atoms with E-state index in [0.29, 0.717) is 0 Å². The molecule has 7 N–H and O–H groups in total. The topological polar surface area (TPSA) is 206 Å². The molecule has 0 saturated carbocycles. The Morgan fingerprint density at radius 2 is 1.83 bits per heavy atom. The van der Waals surface area contributed by atoms with Gasteiger partial charge in [-0.3, -0.25) is 19.3 Å². The summed E-state index contributed by atoms with van der Waals surface area (Å²) in [5.41, 5.74) is 0.895. The number of primary amides is 1. The highest BCUT2D eigenvalue weighted by Gasteiger charge is 2.67. The molecule has 1 aromatic carbocycles. The van der Waals surface area contributed by atoms with E-state index in [9.17, 15) is 39.9 Å². The number of hydrogen-bond donors (Lipinski definition) is 6. The molecule has 12 nitrogen and oxygen atoms in total. The Bertz CT molecular complexity index is 1270. The number of aromatic hydroxyl groups is 1. The van der Waals surface area contributed by atoms with Gasteiger partial charge in [0.1, 0.15) is 22.8 Å². The highest BCUT2D eigenvalue weighted by Crippen LogP contribution is 2.56. The minimum absolute atomic E-state index is 0.128. The Balaban J connectivity index is 2.08. The molecule has 6 atom stereocenters. The number of rotatable bonds is 3. The zero-order valence-electron chi connectivity index (χ0n) is 18.8. The van der Waals surface area contributed by atoms with Gasteiger partial charge in [0.15, 0.2) is 11.4 Å². The number of amides is 1. The predicted octanol–water partition coefficient (Wildman–Crippen LogP) is 0.890. The van der Waals surface area contributed by atoms with Crippen molar-refractivity contribution in [2.24, 2.45) is 27.3 Å². The maximum Gasteiger partial charge on any atom is 0.255 e. The van der Waals surface area contributed by atoms with Gasteiger partial charge in [0.2, 0.25) is 5.78 Å². The standard InChI is InChI=1S/C22H23ClN4O8/c1-6-9-7(25-26-23)4-5-8(28)11(9)16(29)12-10(6)17(30)14-15(27(2)3)18(31)13(21(24)34)20(33)22(14,35)19(12)32/h4-6,10,14-15,17,28,30-32,35H,1-3H3,(H2,24,34)/b26-25-/t6-,10?,14?,15-,17-,22-/m0/s1. The fourth-order valence-electron chi connectivity index (χ4n) is 5.81. The van der Waals surface area contributed by atoms with Crippen molar-refractivity contribution >= 4 is 34.9 Å². The lowest BCUT2D eigenvalue weighted by Crippen LogP contribution is -2.68. The number of likely N-dealkylation sites (N-methyl/N-ethyl adjacent to an activating group) is 1. The molecule has 0 saturated heterocycles. The Morgan fingerprint density at radius 3 is 2.37 bits per heavy atom. The van der Waals surface area contributed by atoms with Crippen LogP contribution < -0.4 is 5.73 Å². The lowest BCUT2D eigenvalue weighted by molar-refractivity contribution is -0.162. The molecule has 3 aliphatic rings. The number of aliphatic hydroxyl groups excluding tert-OH is 3. The Kier molecular flexibility index (Phi) is 5.75. The van der Waals surface area contributed by atoms with Gasteiger partial charge in [-0.15, -0.1) is 5.11 Å². The van der Waals surface area contributed by atoms with Crippen molar-refractivity contribution in [3.05, 3.63) is 45.9 Å². The number of benzene rings is 1. The van der Waals surface area contributed by atoms with Crippen LogP contribution in [0.2, 0.25) is 0 Å². The quantitative estimate of drug-likeness (QED) is 0.254. The number of phenolic OH excluding ortho intramolecular Hbond substituents is 1. The van der Waals surface area contributed by atoms with Gasteiger partial charge in [-0.05, 0) is 37.7 Å². The van der Waals surface area contributed by atoms with E-state index >= 15 is 0 Å². The van der Waals surface area contributed by atoms with Gasteiger partial charge in [-0.2, -0.15) is 0 Å². The van der Waals surface area contributed by atoms with E-state index in [1.54, 1.807) is 6.92 Å². The molecule has 0 heterocycles. The molecule has 13 heteroatoms. The fraction of sp³-hybridized carbons (Fsp3) is 0.409. The second kappa shape index (κ2) is 8.12. The third-order valence-electron chi connectivity index (χ3n) is 7.23. The summed E-state index contributed by atoms with van der Waals surface area (Å²) >= 11 is 5.39. The van der Waals surface area contributed by atoms with Crippen molar-refractivity contribution in [2.75, 3.05) is 14.1 Å². The first-order chi connectivity index (χ1) is 16.3. The lowest BCUT2D eigenvalue weighted by atomic mass is 9.55. The van der Waals surface area contributed by atoms with Crippen molar-refractivity contribution in [1.82, 2.24) is 4.90 Å². The molecule has 0 aromatic heterocycles. The van der Waals surface area contributed by atoms with Crippen LogP contribution >= 0.6 is 11.8 Å². The van der Waals surface area contributed by atoms with Crippen LogP contribution in [-0.2, 0) is 9.59 Å². The van der Waals surface area contributed by atoms with E-state index in [2.05, 4.69) is 9.75 Å². The Labute approximate surface area is 203 Å². The first-order valence-corrected chi connectivity index (χ1v) is 10.9. The highest BCUT2D eigenvalue weighted by molar-refractivity contribution is 6.25. The molecule has 0 bridgehead atoms. The van der Waals surface area contributed by atoms with Gasteiger partial charge in [0.05, 0.1) is 41.1 Å².